The van der Waals surface area contributed by atoms with Gasteiger partial charge in [0.25, 0.3) is 0 Å². The molecule has 0 fully saturated rings. The predicted molar refractivity (Wildman–Crippen MR) is 109 cm³/mol. The average molecular weight is 348 g/mol. The first-order valence-electron chi connectivity index (χ1n) is 9.54. The van der Waals surface area contributed by atoms with Crippen molar-refractivity contribution in [3.63, 3.8) is 0 Å². The lowest BCUT2D eigenvalue weighted by Crippen LogP contribution is -2.24. The zero-order chi connectivity index (χ0) is 18.7. The van der Waals surface area contributed by atoms with E-state index in [1.165, 1.54) is 35.1 Å². The third-order valence-electron chi connectivity index (χ3n) is 5.19. The number of benzene rings is 2. The molecule has 2 aromatic rings. The Hall–Kier alpha value is -2.35. The molecule has 0 aliphatic heterocycles. The van der Waals surface area contributed by atoms with Gasteiger partial charge in [-0.05, 0) is 65.5 Å². The molecule has 1 atom stereocenters. The summed E-state index contributed by atoms with van der Waals surface area (Å²) < 4.78 is 0. The van der Waals surface area contributed by atoms with Gasteiger partial charge in [-0.15, -0.1) is 0 Å². The molecule has 0 saturated carbocycles. The van der Waals surface area contributed by atoms with E-state index in [0.29, 0.717) is 0 Å². The molecule has 0 saturated heterocycles. The molecular weight excluding hydrogens is 318 g/mol. The Labute approximate surface area is 157 Å². The lowest BCUT2D eigenvalue weighted by molar-refractivity contribution is -0.117. The second kappa shape index (κ2) is 7.49. The number of rotatable bonds is 4. The second-order valence-corrected chi connectivity index (χ2v) is 8.32. The van der Waals surface area contributed by atoms with Crippen LogP contribution in [0.5, 0.6) is 0 Å². The average Bonchev–Trinajstić information content (AvgIpc) is 3.07. The summed E-state index contributed by atoms with van der Waals surface area (Å²) in [5, 5.41) is 3.07. The van der Waals surface area contributed by atoms with Crippen molar-refractivity contribution < 1.29 is 4.79 Å². The summed E-state index contributed by atoms with van der Waals surface area (Å²) in [7, 11) is 0. The van der Waals surface area contributed by atoms with Crippen LogP contribution >= 0.6 is 0 Å². The molecule has 1 aliphatic rings. The summed E-state index contributed by atoms with van der Waals surface area (Å²) in [5.41, 5.74) is 6.57. The number of nitrogens with one attached hydrogen (secondary N) is 1. The van der Waals surface area contributed by atoms with Crippen LogP contribution in [0, 0.1) is 0 Å². The maximum absolute atomic E-state index is 12.3. The molecule has 0 aromatic heterocycles. The first kappa shape index (κ1) is 18.4. The number of carbonyl (C=O) groups excluding carboxylic acids is 1. The molecule has 0 heterocycles. The van der Waals surface area contributed by atoms with Crippen LogP contribution in [-0.2, 0) is 23.1 Å². The highest BCUT2D eigenvalue weighted by Crippen LogP contribution is 2.25. The molecule has 2 heteroatoms. The van der Waals surface area contributed by atoms with E-state index in [0.717, 1.165) is 12.0 Å². The van der Waals surface area contributed by atoms with Crippen molar-refractivity contribution >= 4 is 12.0 Å². The Morgan fingerprint density at radius 1 is 1.04 bits per heavy atom. The van der Waals surface area contributed by atoms with Gasteiger partial charge in [0.2, 0.25) is 5.91 Å². The molecule has 1 amide bonds. The van der Waals surface area contributed by atoms with Crippen LogP contribution in [0.2, 0.25) is 0 Å². The fourth-order valence-electron chi connectivity index (χ4n) is 3.47. The van der Waals surface area contributed by atoms with Crippen LogP contribution in [0.3, 0.4) is 0 Å². The molecule has 1 N–H and O–H groups in total. The largest absolute Gasteiger partial charge is 0.346 e. The maximum Gasteiger partial charge on any atom is 0.244 e. The molecule has 0 bridgehead atoms. The molecular formula is C24H29NO. The van der Waals surface area contributed by atoms with Gasteiger partial charge in [-0.3, -0.25) is 4.79 Å². The van der Waals surface area contributed by atoms with Gasteiger partial charge in [-0.1, -0.05) is 63.2 Å². The highest BCUT2D eigenvalue weighted by Gasteiger charge is 2.14. The number of amides is 1. The third-order valence-corrected chi connectivity index (χ3v) is 5.19. The van der Waals surface area contributed by atoms with E-state index in [4.69, 9.17) is 0 Å². The van der Waals surface area contributed by atoms with E-state index >= 15 is 0 Å². The fourth-order valence-corrected chi connectivity index (χ4v) is 3.47. The van der Waals surface area contributed by atoms with Crippen molar-refractivity contribution in [2.24, 2.45) is 0 Å². The van der Waals surface area contributed by atoms with Crippen LogP contribution in [0.4, 0.5) is 0 Å². The molecule has 3 rings (SSSR count). The molecule has 0 unspecified atom stereocenters. The highest BCUT2D eigenvalue weighted by molar-refractivity contribution is 5.92. The minimum atomic E-state index is -0.0575. The summed E-state index contributed by atoms with van der Waals surface area (Å²) >= 11 is 0. The van der Waals surface area contributed by atoms with Gasteiger partial charge in [0, 0.05) is 6.08 Å². The Kier molecular flexibility index (Phi) is 5.31. The van der Waals surface area contributed by atoms with Crippen molar-refractivity contribution in [2.75, 3.05) is 0 Å². The Morgan fingerprint density at radius 3 is 2.42 bits per heavy atom. The third kappa shape index (κ3) is 4.43. The van der Waals surface area contributed by atoms with Crippen molar-refractivity contribution in [1.82, 2.24) is 5.32 Å². The van der Waals surface area contributed by atoms with Gasteiger partial charge < -0.3 is 5.32 Å². The monoisotopic (exact) mass is 347 g/mol. The fraction of sp³-hybridized carbons (Fsp3) is 0.375. The van der Waals surface area contributed by atoms with Crippen LogP contribution in [0.25, 0.3) is 6.08 Å². The molecule has 2 nitrogen and oxygen atoms in total. The van der Waals surface area contributed by atoms with Crippen LogP contribution < -0.4 is 5.32 Å². The van der Waals surface area contributed by atoms with Crippen LogP contribution in [0.15, 0.2) is 48.5 Å². The number of carbonyl (C=O) groups is 1. The molecule has 2 aromatic carbocycles. The van der Waals surface area contributed by atoms with Crippen LogP contribution in [-0.4, -0.2) is 5.91 Å². The quantitative estimate of drug-likeness (QED) is 0.741. The lowest BCUT2D eigenvalue weighted by atomic mass is 9.87. The highest BCUT2D eigenvalue weighted by atomic mass is 16.1. The van der Waals surface area contributed by atoms with Crippen molar-refractivity contribution in [2.45, 2.75) is 58.4 Å². The lowest BCUT2D eigenvalue weighted by Gasteiger charge is -2.18. The van der Waals surface area contributed by atoms with Gasteiger partial charge in [-0.2, -0.15) is 0 Å². The molecule has 1 aliphatic carbocycles. The summed E-state index contributed by atoms with van der Waals surface area (Å²) in [6, 6.07) is 15.0. The van der Waals surface area contributed by atoms with Gasteiger partial charge in [-0.25, -0.2) is 0 Å². The summed E-state index contributed by atoms with van der Waals surface area (Å²) in [5.74, 6) is -0.0575. The summed E-state index contributed by atoms with van der Waals surface area (Å²) in [4.78, 5) is 12.3. The zero-order valence-electron chi connectivity index (χ0n) is 16.3. The number of fused-ring (bicyclic) bond motifs is 1. The van der Waals surface area contributed by atoms with Crippen LogP contribution in [0.1, 0.15) is 68.0 Å². The predicted octanol–water partition coefficient (Wildman–Crippen LogP) is 5.36. The molecule has 26 heavy (non-hydrogen) atoms. The number of hydrogen-bond acceptors (Lipinski definition) is 1. The van der Waals surface area contributed by atoms with E-state index in [1.807, 2.05) is 13.0 Å². The first-order chi connectivity index (χ1) is 12.3. The van der Waals surface area contributed by atoms with E-state index in [9.17, 15) is 4.79 Å². The van der Waals surface area contributed by atoms with Gasteiger partial charge in [0.15, 0.2) is 0 Å². The topological polar surface area (TPSA) is 29.1 Å². The normalized spacial score (nSPS) is 15.1. The van der Waals surface area contributed by atoms with E-state index in [2.05, 4.69) is 68.6 Å². The van der Waals surface area contributed by atoms with Crippen molar-refractivity contribution in [3.8, 4) is 0 Å². The molecule has 136 valence electrons. The van der Waals surface area contributed by atoms with Gasteiger partial charge >= 0.3 is 0 Å². The Bertz CT molecular complexity index is 809. The van der Waals surface area contributed by atoms with E-state index in [1.54, 1.807) is 6.08 Å². The van der Waals surface area contributed by atoms with E-state index in [-0.39, 0.29) is 17.4 Å². The molecule has 0 radical (unpaired) electrons. The minimum Gasteiger partial charge on any atom is -0.346 e. The standard InChI is InChI=1S/C24H29NO/c1-17(20-12-11-19-6-5-7-21(19)16-20)25-23(26)15-10-18-8-13-22(14-9-18)24(2,3)4/h8-17H,5-7H2,1-4H3,(H,25,26)/b15-10+/t17-/m1/s1. The maximum atomic E-state index is 12.3. The smallest absolute Gasteiger partial charge is 0.244 e. The second-order valence-electron chi connectivity index (χ2n) is 8.32. The summed E-state index contributed by atoms with van der Waals surface area (Å²) in [6.45, 7) is 8.64. The minimum absolute atomic E-state index is 0.0151. The van der Waals surface area contributed by atoms with Crippen molar-refractivity contribution in [1.29, 1.82) is 0 Å². The summed E-state index contributed by atoms with van der Waals surface area (Å²) in [6.07, 6.45) is 7.09. The van der Waals surface area contributed by atoms with E-state index < -0.39 is 0 Å². The van der Waals surface area contributed by atoms with Crippen molar-refractivity contribution in [3.05, 3.63) is 76.4 Å². The zero-order valence-corrected chi connectivity index (χ0v) is 16.3. The Morgan fingerprint density at radius 2 is 1.73 bits per heavy atom. The first-order valence-corrected chi connectivity index (χ1v) is 9.54. The van der Waals surface area contributed by atoms with Gasteiger partial charge in [0.05, 0.1) is 6.04 Å². The Balaban J connectivity index is 1.60. The number of hydrogen-bond donors (Lipinski definition) is 1. The van der Waals surface area contributed by atoms with Gasteiger partial charge in [0.1, 0.15) is 0 Å². The number of aryl methyl sites for hydroxylation is 2. The SMILES string of the molecule is C[C@@H](NC(=O)/C=C/c1ccc(C(C)(C)C)cc1)c1ccc2c(c1)CCC2. The molecule has 0 spiro atoms.